The highest BCUT2D eigenvalue weighted by Gasteiger charge is 2.12. The quantitative estimate of drug-likeness (QED) is 0.708. The summed E-state index contributed by atoms with van der Waals surface area (Å²) in [6.07, 6.45) is 0.322. The molecular formula is C22H26N2O4. The van der Waals surface area contributed by atoms with Crippen molar-refractivity contribution >= 4 is 23.1 Å². The minimum atomic E-state index is -0.168. The van der Waals surface area contributed by atoms with Crippen molar-refractivity contribution in [3.8, 4) is 5.75 Å². The third kappa shape index (κ3) is 5.57. The van der Waals surface area contributed by atoms with E-state index in [-0.39, 0.29) is 24.5 Å². The van der Waals surface area contributed by atoms with Crippen LogP contribution in [0.4, 0.5) is 11.4 Å². The lowest BCUT2D eigenvalue weighted by atomic mass is 10.1. The van der Waals surface area contributed by atoms with Gasteiger partial charge in [-0.2, -0.15) is 0 Å². The Morgan fingerprint density at radius 3 is 2.32 bits per heavy atom. The Balaban J connectivity index is 1.46. The molecule has 6 heteroatoms. The molecule has 0 spiro atoms. The molecule has 1 amide bonds. The van der Waals surface area contributed by atoms with Gasteiger partial charge in [-0.15, -0.1) is 0 Å². The van der Waals surface area contributed by atoms with Crippen LogP contribution < -0.4 is 15.0 Å². The van der Waals surface area contributed by atoms with E-state index in [0.29, 0.717) is 12.2 Å². The second-order valence-electron chi connectivity index (χ2n) is 6.58. The Kier molecular flexibility index (Phi) is 7.03. The van der Waals surface area contributed by atoms with E-state index in [1.165, 1.54) is 0 Å². The van der Waals surface area contributed by atoms with E-state index in [1.54, 1.807) is 24.3 Å². The standard InChI is InChI=1S/C22H26N2O4/c1-2-28-20-9-3-17(4-10-20)21(25)11-12-22(26)23-18-5-7-19(8-6-18)24-13-15-27-16-14-24/h3-10H,2,11-16H2,1H3,(H,23,26). The number of nitrogens with zero attached hydrogens (tertiary/aromatic N) is 1. The molecule has 2 aromatic rings. The first-order valence-electron chi connectivity index (χ1n) is 9.64. The van der Waals surface area contributed by atoms with Crippen LogP contribution in [0.5, 0.6) is 5.75 Å². The summed E-state index contributed by atoms with van der Waals surface area (Å²) in [5.41, 5.74) is 2.44. The van der Waals surface area contributed by atoms with Crippen LogP contribution in [0.25, 0.3) is 0 Å². The van der Waals surface area contributed by atoms with Crippen LogP contribution in [0.15, 0.2) is 48.5 Å². The number of carbonyl (C=O) groups is 2. The molecule has 0 unspecified atom stereocenters. The Labute approximate surface area is 165 Å². The molecule has 6 nitrogen and oxygen atoms in total. The molecule has 0 aliphatic carbocycles. The zero-order valence-electron chi connectivity index (χ0n) is 16.1. The van der Waals surface area contributed by atoms with E-state index >= 15 is 0 Å². The second-order valence-corrected chi connectivity index (χ2v) is 6.58. The molecule has 0 aromatic heterocycles. The Morgan fingerprint density at radius 2 is 1.68 bits per heavy atom. The number of hydrogen-bond acceptors (Lipinski definition) is 5. The van der Waals surface area contributed by atoms with Crippen LogP contribution >= 0.6 is 0 Å². The third-order valence-corrected chi connectivity index (χ3v) is 4.59. The fraction of sp³-hybridized carbons (Fsp3) is 0.364. The van der Waals surface area contributed by atoms with E-state index < -0.39 is 0 Å². The highest BCUT2D eigenvalue weighted by atomic mass is 16.5. The average molecular weight is 382 g/mol. The van der Waals surface area contributed by atoms with Gasteiger partial charge in [0.15, 0.2) is 5.78 Å². The first kappa shape index (κ1) is 19.9. The molecule has 148 valence electrons. The lowest BCUT2D eigenvalue weighted by Crippen LogP contribution is -2.36. The summed E-state index contributed by atoms with van der Waals surface area (Å²) >= 11 is 0. The molecular weight excluding hydrogens is 356 g/mol. The minimum absolute atomic E-state index is 0.0548. The minimum Gasteiger partial charge on any atom is -0.494 e. The number of nitrogens with one attached hydrogen (secondary N) is 1. The van der Waals surface area contributed by atoms with Gasteiger partial charge in [0, 0.05) is 42.9 Å². The predicted octanol–water partition coefficient (Wildman–Crippen LogP) is 3.52. The average Bonchev–Trinajstić information content (AvgIpc) is 2.74. The molecule has 2 aromatic carbocycles. The first-order chi connectivity index (χ1) is 13.7. The lowest BCUT2D eigenvalue weighted by molar-refractivity contribution is -0.116. The summed E-state index contributed by atoms with van der Waals surface area (Å²) in [6.45, 7) is 5.72. The summed E-state index contributed by atoms with van der Waals surface area (Å²) in [5, 5.41) is 2.85. The number of ketones is 1. The van der Waals surface area contributed by atoms with Crippen LogP contribution in [-0.2, 0) is 9.53 Å². The van der Waals surface area contributed by atoms with Crippen molar-refractivity contribution in [3.63, 3.8) is 0 Å². The van der Waals surface area contributed by atoms with Gasteiger partial charge in [-0.25, -0.2) is 0 Å². The number of hydrogen-bond donors (Lipinski definition) is 1. The van der Waals surface area contributed by atoms with Crippen LogP contribution in [0.2, 0.25) is 0 Å². The highest BCUT2D eigenvalue weighted by molar-refractivity contribution is 6.00. The van der Waals surface area contributed by atoms with E-state index in [2.05, 4.69) is 10.2 Å². The molecule has 0 saturated carbocycles. The van der Waals surface area contributed by atoms with Crippen LogP contribution in [0.3, 0.4) is 0 Å². The summed E-state index contributed by atoms with van der Waals surface area (Å²) in [6, 6.07) is 14.8. The van der Waals surface area contributed by atoms with Gasteiger partial charge in [0.25, 0.3) is 0 Å². The monoisotopic (exact) mass is 382 g/mol. The first-order valence-corrected chi connectivity index (χ1v) is 9.64. The number of benzene rings is 2. The molecule has 1 aliphatic rings. The Bertz CT molecular complexity index is 781. The summed E-state index contributed by atoms with van der Waals surface area (Å²) in [4.78, 5) is 26.7. The van der Waals surface area contributed by atoms with Crippen molar-refractivity contribution in [2.24, 2.45) is 0 Å². The van der Waals surface area contributed by atoms with Crippen LogP contribution in [-0.4, -0.2) is 44.6 Å². The van der Waals surface area contributed by atoms with Crippen molar-refractivity contribution < 1.29 is 19.1 Å². The number of ether oxygens (including phenoxy) is 2. The number of morpholine rings is 1. The van der Waals surface area contributed by atoms with Gasteiger partial charge in [0.05, 0.1) is 19.8 Å². The Morgan fingerprint density at radius 1 is 1.00 bits per heavy atom. The number of carbonyl (C=O) groups excluding carboxylic acids is 2. The predicted molar refractivity (Wildman–Crippen MR) is 109 cm³/mol. The van der Waals surface area contributed by atoms with Gasteiger partial charge in [-0.05, 0) is 55.5 Å². The third-order valence-electron chi connectivity index (χ3n) is 4.59. The number of amides is 1. The molecule has 3 rings (SSSR count). The topological polar surface area (TPSA) is 67.9 Å². The zero-order valence-corrected chi connectivity index (χ0v) is 16.1. The Hall–Kier alpha value is -2.86. The second kappa shape index (κ2) is 9.90. The smallest absolute Gasteiger partial charge is 0.224 e. The molecule has 0 radical (unpaired) electrons. The van der Waals surface area contributed by atoms with Gasteiger partial charge in [0.1, 0.15) is 5.75 Å². The van der Waals surface area contributed by atoms with E-state index in [1.807, 2.05) is 31.2 Å². The molecule has 1 saturated heterocycles. The number of anilines is 2. The fourth-order valence-electron chi connectivity index (χ4n) is 3.08. The normalized spacial score (nSPS) is 13.8. The largest absolute Gasteiger partial charge is 0.494 e. The van der Waals surface area contributed by atoms with E-state index in [9.17, 15) is 9.59 Å². The zero-order chi connectivity index (χ0) is 19.8. The van der Waals surface area contributed by atoms with Crippen LogP contribution in [0, 0.1) is 0 Å². The summed E-state index contributed by atoms with van der Waals surface area (Å²) in [5.74, 6) is 0.511. The van der Waals surface area contributed by atoms with Crippen LogP contribution in [0.1, 0.15) is 30.1 Å². The van der Waals surface area contributed by atoms with Gasteiger partial charge in [-0.1, -0.05) is 0 Å². The van der Waals surface area contributed by atoms with Gasteiger partial charge in [0.2, 0.25) is 5.91 Å². The molecule has 1 fully saturated rings. The van der Waals surface area contributed by atoms with E-state index in [0.717, 1.165) is 43.4 Å². The maximum atomic E-state index is 12.3. The van der Waals surface area contributed by atoms with Crippen molar-refractivity contribution in [1.82, 2.24) is 0 Å². The molecule has 0 bridgehead atoms. The van der Waals surface area contributed by atoms with Crippen molar-refractivity contribution in [2.75, 3.05) is 43.1 Å². The van der Waals surface area contributed by atoms with Crippen molar-refractivity contribution in [1.29, 1.82) is 0 Å². The molecule has 1 aliphatic heterocycles. The van der Waals surface area contributed by atoms with Gasteiger partial charge in [-0.3, -0.25) is 9.59 Å². The van der Waals surface area contributed by atoms with Crippen molar-refractivity contribution in [2.45, 2.75) is 19.8 Å². The van der Waals surface area contributed by atoms with Gasteiger partial charge < -0.3 is 19.7 Å². The maximum absolute atomic E-state index is 12.3. The number of Topliss-reactive ketones (excluding diaryl/α,β-unsaturated/α-hetero) is 1. The summed E-state index contributed by atoms with van der Waals surface area (Å²) in [7, 11) is 0. The maximum Gasteiger partial charge on any atom is 0.224 e. The molecule has 1 heterocycles. The highest BCUT2D eigenvalue weighted by Crippen LogP contribution is 2.19. The summed E-state index contributed by atoms with van der Waals surface area (Å²) < 4.78 is 10.7. The van der Waals surface area contributed by atoms with Crippen molar-refractivity contribution in [3.05, 3.63) is 54.1 Å². The van der Waals surface area contributed by atoms with Gasteiger partial charge >= 0.3 is 0 Å². The lowest BCUT2D eigenvalue weighted by Gasteiger charge is -2.28. The molecule has 1 N–H and O–H groups in total. The fourth-order valence-corrected chi connectivity index (χ4v) is 3.08. The van der Waals surface area contributed by atoms with E-state index in [4.69, 9.17) is 9.47 Å². The molecule has 0 atom stereocenters. The number of rotatable bonds is 8. The SMILES string of the molecule is CCOc1ccc(C(=O)CCC(=O)Nc2ccc(N3CCOCC3)cc2)cc1. The molecule has 28 heavy (non-hydrogen) atoms.